The molecule has 2 aromatic rings. The van der Waals surface area contributed by atoms with E-state index in [2.05, 4.69) is 64.1 Å². The van der Waals surface area contributed by atoms with E-state index in [-0.39, 0.29) is 0 Å². The SMILES string of the molecule is CCC1(CC)C(C)c2ccccc2[N+]23C[N+](CC)(c4ncccc42)C13. The van der Waals surface area contributed by atoms with Crippen LogP contribution >= 0.6 is 0 Å². The summed E-state index contributed by atoms with van der Waals surface area (Å²) in [5.41, 5.74) is 4.88. The van der Waals surface area contributed by atoms with Crippen molar-refractivity contribution in [1.82, 2.24) is 14.0 Å². The van der Waals surface area contributed by atoms with Gasteiger partial charge in [-0.3, -0.25) is 0 Å². The molecule has 1 fully saturated rings. The number of para-hydroxylation sites is 1. The van der Waals surface area contributed by atoms with Gasteiger partial charge in [0.15, 0.2) is 5.69 Å². The average molecular weight is 335 g/mol. The summed E-state index contributed by atoms with van der Waals surface area (Å²) in [5, 5.41) is 0. The Morgan fingerprint density at radius 2 is 1.76 bits per heavy atom. The summed E-state index contributed by atoms with van der Waals surface area (Å²) < 4.78 is 2.12. The van der Waals surface area contributed by atoms with Gasteiger partial charge in [-0.1, -0.05) is 39.0 Å². The van der Waals surface area contributed by atoms with Crippen LogP contribution in [0.2, 0.25) is 0 Å². The first-order valence-electron chi connectivity index (χ1n) is 9.92. The zero-order valence-corrected chi connectivity index (χ0v) is 15.9. The Kier molecular flexibility index (Phi) is 2.93. The third-order valence-corrected chi connectivity index (χ3v) is 8.07. The molecule has 1 saturated heterocycles. The molecule has 3 heteroatoms. The molecule has 4 atom stereocenters. The summed E-state index contributed by atoms with van der Waals surface area (Å²) in [4.78, 5) is 4.93. The Bertz CT molecular complexity index is 856. The predicted octanol–water partition coefficient (Wildman–Crippen LogP) is 5.28. The minimum atomic E-state index is 0.323. The maximum absolute atomic E-state index is 4.93. The Morgan fingerprint density at radius 3 is 2.48 bits per heavy atom. The molecular formula is C22H29N3+2. The predicted molar refractivity (Wildman–Crippen MR) is 105 cm³/mol. The summed E-state index contributed by atoms with van der Waals surface area (Å²) in [5.74, 6) is 1.93. The lowest BCUT2D eigenvalue weighted by molar-refractivity contribution is -0.126. The van der Waals surface area contributed by atoms with Gasteiger partial charge in [-0.15, -0.1) is 0 Å². The third-order valence-electron chi connectivity index (χ3n) is 8.07. The number of quaternary nitrogens is 2. The standard InChI is InChI=1S/C22H29N3/c1-5-22(6-2)16(4)17-11-8-9-12-18(17)25-15-24(7-3,21(22)25)20-19(25)13-10-14-23-20/h8-14,16,21H,5-7,15H2,1-4H3/q+2. The summed E-state index contributed by atoms with van der Waals surface area (Å²) >= 11 is 0. The van der Waals surface area contributed by atoms with Crippen molar-refractivity contribution in [2.45, 2.75) is 52.6 Å². The first-order valence-corrected chi connectivity index (χ1v) is 9.92. The summed E-state index contributed by atoms with van der Waals surface area (Å²) in [6, 6.07) is 13.7. The van der Waals surface area contributed by atoms with Gasteiger partial charge in [0.05, 0.1) is 12.0 Å². The molecule has 0 aliphatic carbocycles. The van der Waals surface area contributed by atoms with Gasteiger partial charge in [0.2, 0.25) is 18.5 Å². The fourth-order valence-corrected chi connectivity index (χ4v) is 6.94. The van der Waals surface area contributed by atoms with Crippen molar-refractivity contribution in [2.75, 3.05) is 13.2 Å². The van der Waals surface area contributed by atoms with E-state index in [9.17, 15) is 0 Å². The van der Waals surface area contributed by atoms with E-state index in [4.69, 9.17) is 4.98 Å². The molecule has 3 aliphatic rings. The van der Waals surface area contributed by atoms with Gasteiger partial charge in [0.25, 0.3) is 5.82 Å². The van der Waals surface area contributed by atoms with Crippen LogP contribution < -0.4 is 8.97 Å². The van der Waals surface area contributed by atoms with E-state index < -0.39 is 0 Å². The van der Waals surface area contributed by atoms with E-state index in [1.165, 1.54) is 30.0 Å². The molecule has 0 amide bonds. The van der Waals surface area contributed by atoms with Crippen LogP contribution in [0.3, 0.4) is 0 Å². The molecule has 0 radical (unpaired) electrons. The normalized spacial score (nSPS) is 36.2. The lowest BCUT2D eigenvalue weighted by Gasteiger charge is -2.63. The molecule has 0 saturated carbocycles. The van der Waals surface area contributed by atoms with Gasteiger partial charge in [-0.2, -0.15) is 14.0 Å². The maximum atomic E-state index is 4.93. The summed E-state index contributed by atoms with van der Waals surface area (Å²) in [6.07, 6.45) is 5.05. The molecule has 1 aromatic heterocycles. The quantitative estimate of drug-likeness (QED) is 0.695. The minimum absolute atomic E-state index is 0.323. The Hall–Kier alpha value is -1.71. The van der Waals surface area contributed by atoms with Crippen molar-refractivity contribution in [3.8, 4) is 0 Å². The van der Waals surface area contributed by atoms with E-state index in [1.54, 1.807) is 5.56 Å². The molecule has 3 aliphatic heterocycles. The molecule has 3 nitrogen and oxygen atoms in total. The number of aromatic nitrogens is 1. The highest BCUT2D eigenvalue weighted by molar-refractivity contribution is 5.83. The number of fused-ring (bicyclic) bond motifs is 3. The second-order valence-electron chi connectivity index (χ2n) is 8.30. The van der Waals surface area contributed by atoms with Crippen molar-refractivity contribution in [2.24, 2.45) is 5.41 Å². The van der Waals surface area contributed by atoms with Gasteiger partial charge < -0.3 is 0 Å². The molecule has 130 valence electrons. The lowest BCUT2D eigenvalue weighted by atomic mass is 9.61. The lowest BCUT2D eigenvalue weighted by Crippen LogP contribution is -2.87. The van der Waals surface area contributed by atoms with Crippen LogP contribution in [0.25, 0.3) is 0 Å². The average Bonchev–Trinajstić information content (AvgIpc) is 3.09. The molecule has 4 heterocycles. The second kappa shape index (κ2) is 4.72. The highest BCUT2D eigenvalue weighted by atomic mass is 15.8. The summed E-state index contributed by atoms with van der Waals surface area (Å²) in [7, 11) is 0. The highest BCUT2D eigenvalue weighted by Crippen LogP contribution is 2.72. The molecule has 25 heavy (non-hydrogen) atoms. The number of hydrogen-bond donors (Lipinski definition) is 0. The van der Waals surface area contributed by atoms with Crippen molar-refractivity contribution < 1.29 is 0 Å². The van der Waals surface area contributed by atoms with Crippen LogP contribution in [0.1, 0.15) is 52.0 Å². The zero-order chi connectivity index (χ0) is 17.4. The molecule has 1 aromatic carbocycles. The molecule has 5 rings (SSSR count). The van der Waals surface area contributed by atoms with Crippen molar-refractivity contribution in [3.05, 3.63) is 48.2 Å². The van der Waals surface area contributed by atoms with Crippen molar-refractivity contribution in [3.63, 3.8) is 0 Å². The number of pyridine rings is 1. The van der Waals surface area contributed by atoms with Gasteiger partial charge in [0.1, 0.15) is 0 Å². The fraction of sp³-hybridized carbons (Fsp3) is 0.500. The summed E-state index contributed by atoms with van der Waals surface area (Å²) in [6.45, 7) is 12.0. The van der Waals surface area contributed by atoms with Gasteiger partial charge in [0, 0.05) is 29.8 Å². The number of nitrogens with zero attached hydrogens (tertiary/aromatic N) is 3. The van der Waals surface area contributed by atoms with E-state index in [1.807, 2.05) is 6.20 Å². The highest BCUT2D eigenvalue weighted by Gasteiger charge is 2.84. The van der Waals surface area contributed by atoms with Crippen LogP contribution in [0.4, 0.5) is 17.2 Å². The first kappa shape index (κ1) is 15.5. The van der Waals surface area contributed by atoms with Crippen LogP contribution in [0.15, 0.2) is 42.6 Å². The van der Waals surface area contributed by atoms with Crippen molar-refractivity contribution in [1.29, 1.82) is 0 Å². The van der Waals surface area contributed by atoms with Gasteiger partial charge in [-0.05, 0) is 25.8 Å². The molecular weight excluding hydrogens is 306 g/mol. The van der Waals surface area contributed by atoms with Crippen LogP contribution in [-0.2, 0) is 0 Å². The van der Waals surface area contributed by atoms with Crippen LogP contribution in [0.5, 0.6) is 0 Å². The smallest absolute Gasteiger partial charge is 0.199 e. The van der Waals surface area contributed by atoms with E-state index in [0.29, 0.717) is 17.5 Å². The van der Waals surface area contributed by atoms with Crippen molar-refractivity contribution >= 4 is 17.2 Å². The molecule has 2 bridgehead atoms. The van der Waals surface area contributed by atoms with E-state index in [0.717, 1.165) is 22.2 Å². The number of hydrogen-bond acceptors (Lipinski definition) is 1. The Labute approximate surface area is 151 Å². The molecule has 4 unspecified atom stereocenters. The Morgan fingerprint density at radius 1 is 1.04 bits per heavy atom. The maximum Gasteiger partial charge on any atom is 0.300 e. The number of rotatable bonds is 3. The topological polar surface area (TPSA) is 12.9 Å². The largest absolute Gasteiger partial charge is 0.300 e. The minimum Gasteiger partial charge on any atom is -0.199 e. The Balaban J connectivity index is 1.90. The molecule has 0 N–H and O–H groups in total. The number of benzene rings is 1. The van der Waals surface area contributed by atoms with Crippen LogP contribution in [0, 0.1) is 5.41 Å². The van der Waals surface area contributed by atoms with Crippen LogP contribution in [-0.4, -0.2) is 24.4 Å². The fourth-order valence-electron chi connectivity index (χ4n) is 6.94. The zero-order valence-electron chi connectivity index (χ0n) is 15.9. The monoisotopic (exact) mass is 335 g/mol. The second-order valence-corrected chi connectivity index (χ2v) is 8.30. The first-order chi connectivity index (χ1) is 12.1. The van der Waals surface area contributed by atoms with Gasteiger partial charge >= 0.3 is 0 Å². The third kappa shape index (κ3) is 1.39. The van der Waals surface area contributed by atoms with Gasteiger partial charge in [-0.25, -0.2) is 0 Å². The molecule has 0 spiro atoms. The van der Waals surface area contributed by atoms with E-state index >= 15 is 0 Å².